The Bertz CT molecular complexity index is 352. The lowest BCUT2D eigenvalue weighted by atomic mass is 10.2. The van der Waals surface area contributed by atoms with E-state index in [2.05, 4.69) is 15.6 Å². The summed E-state index contributed by atoms with van der Waals surface area (Å²) >= 11 is 0. The molecule has 0 bridgehead atoms. The second-order valence-corrected chi connectivity index (χ2v) is 3.81. The largest absolute Gasteiger partial charge is 0.350 e. The van der Waals surface area contributed by atoms with Crippen molar-refractivity contribution in [2.24, 2.45) is 0 Å². The lowest BCUT2D eigenvalue weighted by Gasteiger charge is -2.13. The predicted octanol–water partition coefficient (Wildman–Crippen LogP) is 1.12. The van der Waals surface area contributed by atoms with Crippen LogP contribution in [-0.4, -0.2) is 30.0 Å². The van der Waals surface area contributed by atoms with Crippen LogP contribution >= 0.6 is 0 Å². The summed E-state index contributed by atoms with van der Waals surface area (Å²) in [4.78, 5) is 15.9. The van der Waals surface area contributed by atoms with E-state index in [0.717, 1.165) is 12.2 Å². The Labute approximate surface area is 96.5 Å². The second-order valence-electron chi connectivity index (χ2n) is 3.81. The van der Waals surface area contributed by atoms with Gasteiger partial charge in [0.2, 0.25) is 0 Å². The molecule has 0 unspecified atom stereocenters. The highest BCUT2D eigenvalue weighted by Gasteiger charge is 2.09. The molecule has 0 aliphatic carbocycles. The molecule has 2 N–H and O–H groups in total. The van der Waals surface area contributed by atoms with Crippen molar-refractivity contribution in [3.05, 3.63) is 29.6 Å². The van der Waals surface area contributed by atoms with E-state index < -0.39 is 0 Å². The van der Waals surface area contributed by atoms with Crippen LogP contribution < -0.4 is 10.6 Å². The average Bonchev–Trinajstić information content (AvgIpc) is 2.27. The van der Waals surface area contributed by atoms with Gasteiger partial charge in [0.25, 0.3) is 5.91 Å². The molecule has 88 valence electrons. The zero-order chi connectivity index (χ0) is 12.0. The number of carbonyl (C=O) groups excluding carboxylic acids is 1. The number of pyridine rings is 1. The van der Waals surface area contributed by atoms with Gasteiger partial charge in [0.05, 0.1) is 5.56 Å². The summed E-state index contributed by atoms with van der Waals surface area (Å²) in [5.41, 5.74) is 1.40. The minimum Gasteiger partial charge on any atom is -0.350 e. The molecule has 1 heterocycles. The first kappa shape index (κ1) is 12.6. The minimum atomic E-state index is -0.0599. The number of amides is 1. The maximum Gasteiger partial charge on any atom is 0.253 e. The molecule has 0 spiro atoms. The van der Waals surface area contributed by atoms with Gasteiger partial charge in [0.1, 0.15) is 0 Å². The molecule has 1 atom stereocenters. The number of likely N-dealkylation sites (N-methyl/N-ethyl adjacent to an activating group) is 1. The SMILES string of the molecule is CCN[C@H](C)CNC(=O)c1cccnc1C. The molecule has 0 saturated heterocycles. The summed E-state index contributed by atoms with van der Waals surface area (Å²) in [7, 11) is 0. The fourth-order valence-corrected chi connectivity index (χ4v) is 1.49. The number of hydrogen-bond donors (Lipinski definition) is 2. The number of carbonyl (C=O) groups is 1. The molecule has 0 radical (unpaired) electrons. The zero-order valence-corrected chi connectivity index (χ0v) is 10.1. The number of rotatable bonds is 5. The van der Waals surface area contributed by atoms with Crippen molar-refractivity contribution >= 4 is 5.91 Å². The Morgan fingerprint density at radius 1 is 1.56 bits per heavy atom. The normalized spacial score (nSPS) is 12.2. The van der Waals surface area contributed by atoms with Crippen molar-refractivity contribution < 1.29 is 4.79 Å². The zero-order valence-electron chi connectivity index (χ0n) is 10.1. The molecule has 16 heavy (non-hydrogen) atoms. The summed E-state index contributed by atoms with van der Waals surface area (Å²) in [6, 6.07) is 3.84. The molecule has 0 aromatic carbocycles. The Balaban J connectivity index is 2.50. The van der Waals surface area contributed by atoms with E-state index in [1.165, 1.54) is 0 Å². The first-order valence-electron chi connectivity index (χ1n) is 5.58. The standard InChI is InChI=1S/C12H19N3O/c1-4-13-9(2)8-15-12(16)11-6-5-7-14-10(11)3/h5-7,9,13H,4,8H2,1-3H3,(H,15,16)/t9-/m1/s1. The maximum absolute atomic E-state index is 11.8. The van der Waals surface area contributed by atoms with Crippen molar-refractivity contribution in [3.63, 3.8) is 0 Å². The molecule has 4 nitrogen and oxygen atoms in total. The Morgan fingerprint density at radius 2 is 2.31 bits per heavy atom. The Hall–Kier alpha value is -1.42. The third-order valence-electron chi connectivity index (χ3n) is 2.37. The van der Waals surface area contributed by atoms with E-state index in [9.17, 15) is 4.79 Å². The lowest BCUT2D eigenvalue weighted by molar-refractivity contribution is 0.0949. The molecule has 0 saturated carbocycles. The van der Waals surface area contributed by atoms with Crippen molar-refractivity contribution in [1.82, 2.24) is 15.6 Å². The molecule has 0 aliphatic rings. The van der Waals surface area contributed by atoms with Crippen LogP contribution in [0.1, 0.15) is 29.9 Å². The number of nitrogens with zero attached hydrogens (tertiary/aromatic N) is 1. The molecule has 4 heteroatoms. The third-order valence-corrected chi connectivity index (χ3v) is 2.37. The molecule has 0 aliphatic heterocycles. The lowest BCUT2D eigenvalue weighted by Crippen LogP contribution is -2.39. The van der Waals surface area contributed by atoms with Crippen LogP contribution in [0.15, 0.2) is 18.3 Å². The molecule has 1 aromatic rings. The van der Waals surface area contributed by atoms with Gasteiger partial charge in [0.15, 0.2) is 0 Å². The summed E-state index contributed by atoms with van der Waals surface area (Å²) < 4.78 is 0. The highest BCUT2D eigenvalue weighted by atomic mass is 16.1. The van der Waals surface area contributed by atoms with Crippen LogP contribution in [-0.2, 0) is 0 Å². The van der Waals surface area contributed by atoms with Gasteiger partial charge < -0.3 is 10.6 Å². The molecule has 1 amide bonds. The minimum absolute atomic E-state index is 0.0599. The van der Waals surface area contributed by atoms with Crippen LogP contribution in [0.4, 0.5) is 0 Å². The third kappa shape index (κ3) is 3.62. The fraction of sp³-hybridized carbons (Fsp3) is 0.500. The van der Waals surface area contributed by atoms with Gasteiger partial charge in [-0.05, 0) is 32.5 Å². The van der Waals surface area contributed by atoms with Gasteiger partial charge in [-0.15, -0.1) is 0 Å². The highest BCUT2D eigenvalue weighted by Crippen LogP contribution is 2.02. The molecular weight excluding hydrogens is 202 g/mol. The van der Waals surface area contributed by atoms with E-state index in [1.54, 1.807) is 18.3 Å². The summed E-state index contributed by atoms with van der Waals surface area (Å²) in [5.74, 6) is -0.0599. The van der Waals surface area contributed by atoms with Crippen LogP contribution in [0.5, 0.6) is 0 Å². The smallest absolute Gasteiger partial charge is 0.253 e. The van der Waals surface area contributed by atoms with Crippen LogP contribution in [0.25, 0.3) is 0 Å². The van der Waals surface area contributed by atoms with Gasteiger partial charge in [-0.2, -0.15) is 0 Å². The second kappa shape index (κ2) is 6.23. The average molecular weight is 221 g/mol. The van der Waals surface area contributed by atoms with Crippen molar-refractivity contribution in [1.29, 1.82) is 0 Å². The number of hydrogen-bond acceptors (Lipinski definition) is 3. The van der Waals surface area contributed by atoms with Crippen LogP contribution in [0, 0.1) is 6.92 Å². The first-order chi connectivity index (χ1) is 7.65. The Kier molecular flexibility index (Phi) is 4.92. The van der Waals surface area contributed by atoms with Crippen LogP contribution in [0.2, 0.25) is 0 Å². The molecular formula is C12H19N3O. The summed E-state index contributed by atoms with van der Waals surface area (Å²) in [6.45, 7) is 7.45. The fourth-order valence-electron chi connectivity index (χ4n) is 1.49. The van der Waals surface area contributed by atoms with Gasteiger partial charge in [-0.3, -0.25) is 9.78 Å². The van der Waals surface area contributed by atoms with E-state index in [0.29, 0.717) is 12.1 Å². The number of aryl methyl sites for hydroxylation is 1. The van der Waals surface area contributed by atoms with E-state index in [4.69, 9.17) is 0 Å². The topological polar surface area (TPSA) is 54.0 Å². The van der Waals surface area contributed by atoms with Crippen LogP contribution in [0.3, 0.4) is 0 Å². The monoisotopic (exact) mass is 221 g/mol. The summed E-state index contributed by atoms with van der Waals surface area (Å²) in [5, 5.41) is 6.12. The van der Waals surface area contributed by atoms with Gasteiger partial charge >= 0.3 is 0 Å². The Morgan fingerprint density at radius 3 is 2.94 bits per heavy atom. The predicted molar refractivity (Wildman–Crippen MR) is 64.4 cm³/mol. The van der Waals surface area contributed by atoms with Gasteiger partial charge in [0, 0.05) is 24.5 Å². The van der Waals surface area contributed by atoms with Gasteiger partial charge in [-0.1, -0.05) is 6.92 Å². The van der Waals surface area contributed by atoms with Crippen molar-refractivity contribution in [2.45, 2.75) is 26.8 Å². The van der Waals surface area contributed by atoms with Gasteiger partial charge in [-0.25, -0.2) is 0 Å². The number of aromatic nitrogens is 1. The number of nitrogens with one attached hydrogen (secondary N) is 2. The van der Waals surface area contributed by atoms with Crippen molar-refractivity contribution in [3.8, 4) is 0 Å². The van der Waals surface area contributed by atoms with E-state index >= 15 is 0 Å². The van der Waals surface area contributed by atoms with E-state index in [-0.39, 0.29) is 11.9 Å². The van der Waals surface area contributed by atoms with E-state index in [1.807, 2.05) is 20.8 Å². The maximum atomic E-state index is 11.8. The first-order valence-corrected chi connectivity index (χ1v) is 5.58. The molecule has 0 fully saturated rings. The summed E-state index contributed by atoms with van der Waals surface area (Å²) in [6.07, 6.45) is 1.69. The van der Waals surface area contributed by atoms with Crippen molar-refractivity contribution in [2.75, 3.05) is 13.1 Å². The molecule has 1 aromatic heterocycles. The highest BCUT2D eigenvalue weighted by molar-refractivity contribution is 5.95. The molecule has 1 rings (SSSR count). The quantitative estimate of drug-likeness (QED) is 0.783.